The minimum absolute atomic E-state index is 0.0877. The van der Waals surface area contributed by atoms with E-state index in [1.807, 2.05) is 0 Å². The molecule has 0 unspecified atom stereocenters. The summed E-state index contributed by atoms with van der Waals surface area (Å²) in [4.78, 5) is 26.1. The highest BCUT2D eigenvalue weighted by Gasteiger charge is 2.19. The first-order valence-corrected chi connectivity index (χ1v) is 9.26. The van der Waals surface area contributed by atoms with E-state index < -0.39 is 5.91 Å². The van der Waals surface area contributed by atoms with E-state index >= 15 is 0 Å². The van der Waals surface area contributed by atoms with Gasteiger partial charge in [0, 0.05) is 5.56 Å². The van der Waals surface area contributed by atoms with Gasteiger partial charge in [0.2, 0.25) is 11.3 Å². The molecule has 1 N–H and O–H groups in total. The molecular formula is C24H19NO5. The van der Waals surface area contributed by atoms with E-state index in [-0.39, 0.29) is 16.9 Å². The third kappa shape index (κ3) is 3.63. The van der Waals surface area contributed by atoms with Gasteiger partial charge >= 0.3 is 0 Å². The van der Waals surface area contributed by atoms with Crippen molar-refractivity contribution in [3.63, 3.8) is 0 Å². The number of anilines is 1. The SMILES string of the molecule is COc1ccc(C(=O)Nc2oc3ccccc3c(=O)c2-c2ccc(OC)cc2)cc1. The molecule has 30 heavy (non-hydrogen) atoms. The van der Waals surface area contributed by atoms with E-state index in [2.05, 4.69) is 5.32 Å². The largest absolute Gasteiger partial charge is 0.497 e. The number of nitrogens with one attached hydrogen (secondary N) is 1. The lowest BCUT2D eigenvalue weighted by Gasteiger charge is -2.12. The Kier molecular flexibility index (Phi) is 5.22. The third-order valence-corrected chi connectivity index (χ3v) is 4.76. The van der Waals surface area contributed by atoms with Gasteiger partial charge in [0.25, 0.3) is 5.91 Å². The second kappa shape index (κ2) is 8.13. The van der Waals surface area contributed by atoms with Crippen LogP contribution in [0.15, 0.2) is 82.0 Å². The zero-order chi connectivity index (χ0) is 21.1. The second-order valence-corrected chi connectivity index (χ2v) is 6.54. The minimum Gasteiger partial charge on any atom is -0.497 e. The van der Waals surface area contributed by atoms with Crippen molar-refractivity contribution in [3.05, 3.63) is 88.6 Å². The van der Waals surface area contributed by atoms with Crippen LogP contribution in [0, 0.1) is 0 Å². The smallest absolute Gasteiger partial charge is 0.257 e. The van der Waals surface area contributed by atoms with Gasteiger partial charge in [0.1, 0.15) is 17.1 Å². The molecule has 0 bridgehead atoms. The van der Waals surface area contributed by atoms with Gasteiger partial charge in [-0.1, -0.05) is 24.3 Å². The molecule has 6 heteroatoms. The maximum absolute atomic E-state index is 13.2. The Morgan fingerprint density at radius 3 is 2.07 bits per heavy atom. The normalized spacial score (nSPS) is 10.6. The molecule has 1 heterocycles. The Bertz CT molecular complexity index is 1260. The number of fused-ring (bicyclic) bond motifs is 1. The number of carbonyl (C=O) groups excluding carboxylic acids is 1. The predicted octanol–water partition coefficient (Wildman–Crippen LogP) is 4.73. The molecule has 150 valence electrons. The second-order valence-electron chi connectivity index (χ2n) is 6.54. The van der Waals surface area contributed by atoms with E-state index in [4.69, 9.17) is 13.9 Å². The maximum Gasteiger partial charge on any atom is 0.257 e. The van der Waals surface area contributed by atoms with Gasteiger partial charge in [0.05, 0.1) is 25.2 Å². The number of para-hydroxylation sites is 1. The van der Waals surface area contributed by atoms with Gasteiger partial charge in [0.15, 0.2) is 0 Å². The van der Waals surface area contributed by atoms with Gasteiger partial charge in [-0.05, 0) is 54.1 Å². The number of benzene rings is 3. The Balaban J connectivity index is 1.82. The predicted molar refractivity (Wildman–Crippen MR) is 115 cm³/mol. The maximum atomic E-state index is 13.2. The summed E-state index contributed by atoms with van der Waals surface area (Å²) in [5.41, 5.74) is 1.46. The molecule has 6 nitrogen and oxygen atoms in total. The average Bonchev–Trinajstić information content (AvgIpc) is 2.79. The first-order chi connectivity index (χ1) is 14.6. The van der Waals surface area contributed by atoms with Gasteiger partial charge in [-0.2, -0.15) is 0 Å². The highest BCUT2D eigenvalue weighted by molar-refractivity contribution is 6.06. The van der Waals surface area contributed by atoms with E-state index in [0.717, 1.165) is 0 Å². The average molecular weight is 401 g/mol. The topological polar surface area (TPSA) is 77.8 Å². The zero-order valence-corrected chi connectivity index (χ0v) is 16.5. The molecule has 4 aromatic rings. The number of hydrogen-bond acceptors (Lipinski definition) is 5. The molecule has 0 aliphatic heterocycles. The Morgan fingerprint density at radius 1 is 0.833 bits per heavy atom. The standard InChI is InChI=1S/C24H19NO5/c1-28-17-11-7-15(8-12-17)21-22(26)19-5-3-4-6-20(19)30-24(21)25-23(27)16-9-13-18(29-2)14-10-16/h3-14H,1-2H3,(H,25,27). The molecule has 1 amide bonds. The lowest BCUT2D eigenvalue weighted by Crippen LogP contribution is -2.16. The van der Waals surface area contributed by atoms with Crippen molar-refractivity contribution in [2.45, 2.75) is 0 Å². The molecule has 0 aliphatic rings. The van der Waals surface area contributed by atoms with Crippen LogP contribution >= 0.6 is 0 Å². The van der Waals surface area contributed by atoms with E-state index in [1.54, 1.807) is 87.0 Å². The first kappa shape index (κ1) is 19.3. The van der Waals surface area contributed by atoms with Crippen molar-refractivity contribution in [3.8, 4) is 22.6 Å². The molecule has 0 saturated carbocycles. The fourth-order valence-corrected chi connectivity index (χ4v) is 3.17. The number of amides is 1. The molecule has 0 radical (unpaired) electrons. The molecule has 3 aromatic carbocycles. The zero-order valence-electron chi connectivity index (χ0n) is 16.5. The van der Waals surface area contributed by atoms with Gasteiger partial charge in [-0.15, -0.1) is 0 Å². The summed E-state index contributed by atoms with van der Waals surface area (Å²) in [6.45, 7) is 0. The Labute approximate surface area is 172 Å². The summed E-state index contributed by atoms with van der Waals surface area (Å²) in [5.74, 6) is 0.992. The van der Waals surface area contributed by atoms with Crippen molar-refractivity contribution in [1.82, 2.24) is 0 Å². The van der Waals surface area contributed by atoms with Gasteiger partial charge in [-0.25, -0.2) is 0 Å². The summed E-state index contributed by atoms with van der Waals surface area (Å²) >= 11 is 0. The minimum atomic E-state index is -0.397. The summed E-state index contributed by atoms with van der Waals surface area (Å²) in [6, 6.07) is 20.6. The quantitative estimate of drug-likeness (QED) is 0.523. The third-order valence-electron chi connectivity index (χ3n) is 4.76. The molecule has 0 spiro atoms. The van der Waals surface area contributed by atoms with Crippen LogP contribution in [-0.4, -0.2) is 20.1 Å². The lowest BCUT2D eigenvalue weighted by molar-refractivity contribution is 0.102. The van der Waals surface area contributed by atoms with Crippen LogP contribution in [-0.2, 0) is 0 Å². The Hall–Kier alpha value is -4.06. The van der Waals surface area contributed by atoms with Crippen LogP contribution in [0.4, 0.5) is 5.88 Å². The van der Waals surface area contributed by atoms with Crippen molar-refractivity contribution in [2.75, 3.05) is 19.5 Å². The highest BCUT2D eigenvalue weighted by atomic mass is 16.5. The van der Waals surface area contributed by atoms with Gasteiger partial charge in [-0.3, -0.25) is 14.9 Å². The van der Waals surface area contributed by atoms with E-state index in [1.165, 1.54) is 0 Å². The number of ether oxygens (including phenoxy) is 2. The number of carbonyl (C=O) groups is 1. The molecule has 0 saturated heterocycles. The first-order valence-electron chi connectivity index (χ1n) is 9.26. The monoisotopic (exact) mass is 401 g/mol. The van der Waals surface area contributed by atoms with Crippen molar-refractivity contribution >= 4 is 22.8 Å². The summed E-state index contributed by atoms with van der Waals surface area (Å²) < 4.78 is 16.3. The summed E-state index contributed by atoms with van der Waals surface area (Å²) in [7, 11) is 3.12. The summed E-state index contributed by atoms with van der Waals surface area (Å²) in [6.07, 6.45) is 0. The Morgan fingerprint density at radius 2 is 1.43 bits per heavy atom. The fourth-order valence-electron chi connectivity index (χ4n) is 3.17. The molecule has 0 fully saturated rings. The van der Waals surface area contributed by atoms with E-state index in [0.29, 0.717) is 33.6 Å². The number of hydrogen-bond donors (Lipinski definition) is 1. The summed E-state index contributed by atoms with van der Waals surface area (Å²) in [5, 5.41) is 3.18. The van der Waals surface area contributed by atoms with Crippen LogP contribution in [0.2, 0.25) is 0 Å². The molecule has 0 atom stereocenters. The van der Waals surface area contributed by atoms with Crippen LogP contribution < -0.4 is 20.2 Å². The molecule has 4 rings (SSSR count). The molecule has 1 aromatic heterocycles. The lowest BCUT2D eigenvalue weighted by atomic mass is 10.0. The molecule has 0 aliphatic carbocycles. The van der Waals surface area contributed by atoms with Crippen molar-refractivity contribution in [2.24, 2.45) is 0 Å². The van der Waals surface area contributed by atoms with Gasteiger partial charge < -0.3 is 13.9 Å². The number of methoxy groups -OCH3 is 2. The fraction of sp³-hybridized carbons (Fsp3) is 0.0833. The van der Waals surface area contributed by atoms with Crippen LogP contribution in [0.5, 0.6) is 11.5 Å². The van der Waals surface area contributed by atoms with Crippen molar-refractivity contribution in [1.29, 1.82) is 0 Å². The van der Waals surface area contributed by atoms with Crippen LogP contribution in [0.1, 0.15) is 10.4 Å². The van der Waals surface area contributed by atoms with Crippen molar-refractivity contribution < 1.29 is 18.7 Å². The van der Waals surface area contributed by atoms with E-state index in [9.17, 15) is 9.59 Å². The molecular weight excluding hydrogens is 382 g/mol. The number of rotatable bonds is 5. The van der Waals surface area contributed by atoms with Crippen LogP contribution in [0.3, 0.4) is 0 Å². The highest BCUT2D eigenvalue weighted by Crippen LogP contribution is 2.30. The van der Waals surface area contributed by atoms with Crippen LogP contribution in [0.25, 0.3) is 22.1 Å².